The van der Waals surface area contributed by atoms with E-state index in [1.165, 1.54) is 17.1 Å². The van der Waals surface area contributed by atoms with E-state index in [9.17, 15) is 19.2 Å². The molecule has 0 spiro atoms. The van der Waals surface area contributed by atoms with E-state index >= 15 is 0 Å². The van der Waals surface area contributed by atoms with Gasteiger partial charge in [-0.2, -0.15) is 0 Å². The molecule has 206 valence electrons. The summed E-state index contributed by atoms with van der Waals surface area (Å²) in [5.74, 6) is -0.776. The van der Waals surface area contributed by atoms with E-state index in [1.54, 1.807) is 20.9 Å². The lowest BCUT2D eigenvalue weighted by Gasteiger charge is -2.30. The maximum Gasteiger partial charge on any atom is 0.253 e. The van der Waals surface area contributed by atoms with Crippen LogP contribution in [0.1, 0.15) is 20.3 Å². The standard InChI is InChI=1S/C24H40N2O10/c1-24(2,20-27)25(3)21(28)6-8-31-10-12-33-14-16-35-18-19-36-17-15-34-13-11-32-9-7-26-22(29)4-5-23(26)30/h4-5,20H,6-19H2,1-3H3. The van der Waals surface area contributed by atoms with Crippen molar-refractivity contribution in [3.05, 3.63) is 12.2 Å². The predicted octanol–water partition coefficient (Wildman–Crippen LogP) is -0.163. The van der Waals surface area contributed by atoms with Crippen LogP contribution >= 0.6 is 0 Å². The Morgan fingerprint density at radius 2 is 1.11 bits per heavy atom. The molecule has 0 radical (unpaired) electrons. The van der Waals surface area contributed by atoms with E-state index < -0.39 is 5.54 Å². The molecule has 1 rings (SSSR count). The van der Waals surface area contributed by atoms with E-state index in [1.807, 2.05) is 0 Å². The average molecular weight is 517 g/mol. The summed E-state index contributed by atoms with van der Waals surface area (Å²) in [7, 11) is 1.60. The van der Waals surface area contributed by atoms with Gasteiger partial charge in [0, 0.05) is 19.2 Å². The van der Waals surface area contributed by atoms with Gasteiger partial charge in [-0.15, -0.1) is 0 Å². The minimum absolute atomic E-state index is 0.148. The number of imide groups is 1. The van der Waals surface area contributed by atoms with Crippen molar-refractivity contribution in [1.29, 1.82) is 0 Å². The van der Waals surface area contributed by atoms with Crippen LogP contribution in [0, 0.1) is 0 Å². The smallest absolute Gasteiger partial charge is 0.253 e. The quantitative estimate of drug-likeness (QED) is 0.103. The van der Waals surface area contributed by atoms with Crippen LogP contribution in [0.15, 0.2) is 12.2 Å². The minimum Gasteiger partial charge on any atom is -0.379 e. The molecule has 0 N–H and O–H groups in total. The fourth-order valence-electron chi connectivity index (χ4n) is 2.74. The second-order valence-corrected chi connectivity index (χ2v) is 8.31. The molecule has 0 saturated carbocycles. The molecule has 1 heterocycles. The summed E-state index contributed by atoms with van der Waals surface area (Å²) in [5, 5.41) is 0. The first-order valence-corrected chi connectivity index (χ1v) is 12.0. The molecule has 0 aromatic carbocycles. The van der Waals surface area contributed by atoms with E-state index in [0.717, 1.165) is 11.2 Å². The van der Waals surface area contributed by atoms with Gasteiger partial charge in [-0.25, -0.2) is 0 Å². The normalized spacial score (nSPS) is 13.6. The van der Waals surface area contributed by atoms with Crippen LogP contribution < -0.4 is 0 Å². The molecular weight excluding hydrogens is 476 g/mol. The molecule has 12 nitrogen and oxygen atoms in total. The zero-order valence-electron chi connectivity index (χ0n) is 21.6. The molecule has 0 aliphatic carbocycles. The molecule has 0 aromatic heterocycles. The van der Waals surface area contributed by atoms with E-state index in [-0.39, 0.29) is 43.9 Å². The second kappa shape index (κ2) is 19.0. The fraction of sp³-hybridized carbons (Fsp3) is 0.750. The minimum atomic E-state index is -0.824. The first kappa shape index (κ1) is 31.8. The topological polar surface area (TPSA) is 130 Å². The summed E-state index contributed by atoms with van der Waals surface area (Å²) in [5.41, 5.74) is -0.824. The highest BCUT2D eigenvalue weighted by atomic mass is 16.6. The first-order chi connectivity index (χ1) is 17.3. The molecule has 0 saturated heterocycles. The number of ether oxygens (including phenoxy) is 6. The molecule has 1 aliphatic heterocycles. The van der Waals surface area contributed by atoms with Gasteiger partial charge >= 0.3 is 0 Å². The Kier molecular flexibility index (Phi) is 16.8. The number of rotatable bonds is 23. The Balaban J connectivity index is 1.76. The molecule has 1 aliphatic rings. The van der Waals surface area contributed by atoms with Crippen molar-refractivity contribution in [2.24, 2.45) is 0 Å². The van der Waals surface area contributed by atoms with Crippen molar-refractivity contribution in [2.45, 2.75) is 25.8 Å². The highest BCUT2D eigenvalue weighted by molar-refractivity contribution is 6.12. The van der Waals surface area contributed by atoms with Gasteiger partial charge in [-0.1, -0.05) is 0 Å². The molecule has 12 heteroatoms. The van der Waals surface area contributed by atoms with Crippen molar-refractivity contribution >= 4 is 24.0 Å². The highest BCUT2D eigenvalue weighted by Crippen LogP contribution is 2.10. The van der Waals surface area contributed by atoms with Crippen molar-refractivity contribution < 1.29 is 47.6 Å². The van der Waals surface area contributed by atoms with Crippen molar-refractivity contribution in [2.75, 3.05) is 92.9 Å². The molecule has 3 amide bonds. The summed E-state index contributed by atoms with van der Waals surface area (Å²) in [6.45, 7) is 8.29. The number of carbonyl (C=O) groups excluding carboxylic acids is 4. The summed E-state index contributed by atoms with van der Waals surface area (Å²) in [4.78, 5) is 48.2. The maximum absolute atomic E-state index is 12.0. The largest absolute Gasteiger partial charge is 0.379 e. The summed E-state index contributed by atoms with van der Waals surface area (Å²) in [6, 6.07) is 0. The number of aldehydes is 1. The van der Waals surface area contributed by atoms with Gasteiger partial charge in [0.15, 0.2) is 0 Å². The molecule has 0 bridgehead atoms. The third-order valence-corrected chi connectivity index (χ3v) is 5.21. The van der Waals surface area contributed by atoms with Crippen LogP contribution in [-0.2, 0) is 47.6 Å². The summed E-state index contributed by atoms with van der Waals surface area (Å²) in [6.07, 6.45) is 3.45. The fourth-order valence-corrected chi connectivity index (χ4v) is 2.74. The van der Waals surface area contributed by atoms with Crippen molar-refractivity contribution in [3.63, 3.8) is 0 Å². The Hall–Kier alpha value is -2.22. The van der Waals surface area contributed by atoms with Crippen molar-refractivity contribution in [1.82, 2.24) is 9.80 Å². The van der Waals surface area contributed by atoms with Gasteiger partial charge in [0.2, 0.25) is 5.91 Å². The van der Waals surface area contributed by atoms with E-state index in [4.69, 9.17) is 28.4 Å². The van der Waals surface area contributed by atoms with Crippen LogP contribution in [0.4, 0.5) is 0 Å². The lowest BCUT2D eigenvalue weighted by Crippen LogP contribution is -2.46. The Bertz CT molecular complexity index is 680. The zero-order chi connectivity index (χ0) is 26.7. The van der Waals surface area contributed by atoms with Crippen LogP contribution in [0.5, 0.6) is 0 Å². The van der Waals surface area contributed by atoms with Gasteiger partial charge in [0.1, 0.15) is 6.29 Å². The molecule has 0 atom stereocenters. The Morgan fingerprint density at radius 1 is 0.750 bits per heavy atom. The summed E-state index contributed by atoms with van der Waals surface area (Å²) >= 11 is 0. The summed E-state index contributed by atoms with van der Waals surface area (Å²) < 4.78 is 32.3. The lowest BCUT2D eigenvalue weighted by atomic mass is 10.1. The van der Waals surface area contributed by atoms with E-state index in [2.05, 4.69) is 0 Å². The molecule has 36 heavy (non-hydrogen) atoms. The highest BCUT2D eigenvalue weighted by Gasteiger charge is 2.26. The maximum atomic E-state index is 12.0. The molecule has 0 unspecified atom stereocenters. The Labute approximate surface area is 212 Å². The third kappa shape index (κ3) is 13.8. The van der Waals surface area contributed by atoms with Gasteiger partial charge in [-0.05, 0) is 13.8 Å². The van der Waals surface area contributed by atoms with Gasteiger partial charge in [0.05, 0.1) is 97.8 Å². The van der Waals surface area contributed by atoms with Crippen LogP contribution in [0.2, 0.25) is 0 Å². The van der Waals surface area contributed by atoms with Crippen LogP contribution in [0.25, 0.3) is 0 Å². The number of likely N-dealkylation sites (N-methyl/N-ethyl adjacent to an activating group) is 1. The predicted molar refractivity (Wildman–Crippen MR) is 128 cm³/mol. The number of nitrogens with zero attached hydrogens (tertiary/aromatic N) is 2. The lowest BCUT2D eigenvalue weighted by molar-refractivity contribution is -0.139. The molecule has 0 aromatic rings. The zero-order valence-corrected chi connectivity index (χ0v) is 21.6. The Morgan fingerprint density at radius 3 is 1.50 bits per heavy atom. The molecule has 0 fully saturated rings. The van der Waals surface area contributed by atoms with Gasteiger partial charge < -0.3 is 38.1 Å². The average Bonchev–Trinajstić information content (AvgIpc) is 3.18. The van der Waals surface area contributed by atoms with Crippen LogP contribution in [-0.4, -0.2) is 132 Å². The number of amides is 3. The van der Waals surface area contributed by atoms with E-state index in [0.29, 0.717) is 66.1 Å². The van der Waals surface area contributed by atoms with Crippen LogP contribution in [0.3, 0.4) is 0 Å². The SMILES string of the molecule is CN(C(=O)CCOCCOCCOCCOCCOCCOCCN1C(=O)C=CC1=O)C(C)(C)C=O. The number of carbonyl (C=O) groups is 4. The van der Waals surface area contributed by atoms with Crippen molar-refractivity contribution in [3.8, 4) is 0 Å². The van der Waals surface area contributed by atoms with Gasteiger partial charge in [-0.3, -0.25) is 19.3 Å². The van der Waals surface area contributed by atoms with Gasteiger partial charge in [0.25, 0.3) is 11.8 Å². The second-order valence-electron chi connectivity index (χ2n) is 8.31. The number of hydrogen-bond acceptors (Lipinski definition) is 10. The number of hydrogen-bond donors (Lipinski definition) is 0. The monoisotopic (exact) mass is 516 g/mol. The first-order valence-electron chi connectivity index (χ1n) is 12.0. The third-order valence-electron chi connectivity index (χ3n) is 5.21. The molecular formula is C24H40N2O10.